The third-order valence-corrected chi connectivity index (χ3v) is 12.9. The minimum Gasteiger partial charge on any atom is -0.462 e. The smallest absolute Gasteiger partial charge is 0.462 e. The van der Waals surface area contributed by atoms with E-state index in [2.05, 4.69) is 74.6 Å². The van der Waals surface area contributed by atoms with Crippen LogP contribution in [0, 0.1) is 0 Å². The van der Waals surface area contributed by atoms with Gasteiger partial charge in [0.05, 0.1) is 13.2 Å². The van der Waals surface area contributed by atoms with Gasteiger partial charge in [-0.25, -0.2) is 4.57 Å². The molecule has 0 aromatic heterocycles. The van der Waals surface area contributed by atoms with Crippen LogP contribution in [0.3, 0.4) is 0 Å². The normalized spacial score (nSPS) is 13.6. The zero-order valence-electron chi connectivity index (χ0n) is 43.4. The van der Waals surface area contributed by atoms with Gasteiger partial charge in [-0.3, -0.25) is 18.6 Å². The quantitative estimate of drug-likeness (QED) is 0.0264. The molecule has 0 saturated heterocycles. The van der Waals surface area contributed by atoms with E-state index in [4.69, 9.17) is 24.3 Å². The number of allylic oxidation sites excluding steroid dienone is 10. The van der Waals surface area contributed by atoms with Crippen molar-refractivity contribution < 1.29 is 37.6 Å². The van der Waals surface area contributed by atoms with Crippen LogP contribution < -0.4 is 5.73 Å². The van der Waals surface area contributed by atoms with Crippen LogP contribution in [-0.4, -0.2) is 49.3 Å². The molecule has 0 fully saturated rings. The van der Waals surface area contributed by atoms with Crippen molar-refractivity contribution in [2.75, 3.05) is 26.4 Å². The number of carbonyl (C=O) groups excluding carboxylic acids is 2. The predicted molar refractivity (Wildman–Crippen MR) is 284 cm³/mol. The van der Waals surface area contributed by atoms with E-state index in [1.165, 1.54) is 154 Å². The molecule has 390 valence electrons. The van der Waals surface area contributed by atoms with Crippen molar-refractivity contribution in [2.24, 2.45) is 5.73 Å². The summed E-state index contributed by atoms with van der Waals surface area (Å²) >= 11 is 0. The van der Waals surface area contributed by atoms with E-state index in [0.717, 1.165) is 70.6 Å². The van der Waals surface area contributed by atoms with Gasteiger partial charge in [-0.2, -0.15) is 0 Å². The first kappa shape index (κ1) is 64.7. The number of hydrogen-bond donors (Lipinski definition) is 2. The molecule has 0 aromatic carbocycles. The Morgan fingerprint density at radius 2 is 0.821 bits per heavy atom. The fraction of sp³-hybridized carbons (Fsp3) is 0.789. The molecule has 0 bridgehead atoms. The van der Waals surface area contributed by atoms with Gasteiger partial charge < -0.3 is 20.1 Å². The third-order valence-electron chi connectivity index (χ3n) is 11.9. The van der Waals surface area contributed by atoms with Crippen LogP contribution in [-0.2, 0) is 32.7 Å². The van der Waals surface area contributed by atoms with Crippen LogP contribution in [0.1, 0.15) is 258 Å². The molecule has 3 N–H and O–H groups in total. The van der Waals surface area contributed by atoms with Crippen LogP contribution >= 0.6 is 7.82 Å². The number of carbonyl (C=O) groups is 2. The number of nitrogens with two attached hydrogens (primary N) is 1. The number of hydrogen-bond acceptors (Lipinski definition) is 8. The fourth-order valence-electron chi connectivity index (χ4n) is 7.84. The fourth-order valence-corrected chi connectivity index (χ4v) is 8.61. The van der Waals surface area contributed by atoms with Gasteiger partial charge in [0.2, 0.25) is 0 Å². The number of rotatable bonds is 52. The molecule has 0 aromatic rings. The molecule has 0 saturated carbocycles. The molecule has 0 rings (SSSR count). The molecule has 0 aliphatic heterocycles. The van der Waals surface area contributed by atoms with E-state index >= 15 is 0 Å². The molecular formula is C57H104NO8P. The summed E-state index contributed by atoms with van der Waals surface area (Å²) in [6.07, 6.45) is 65.5. The van der Waals surface area contributed by atoms with Crippen molar-refractivity contribution in [1.29, 1.82) is 0 Å². The Bertz CT molecular complexity index is 1280. The van der Waals surface area contributed by atoms with Crippen LogP contribution in [0.2, 0.25) is 0 Å². The molecule has 9 nitrogen and oxygen atoms in total. The summed E-state index contributed by atoms with van der Waals surface area (Å²) in [5.74, 6) is -0.819. The average molecular weight is 962 g/mol. The maximum Gasteiger partial charge on any atom is 0.472 e. The van der Waals surface area contributed by atoms with Gasteiger partial charge in [0.1, 0.15) is 6.61 Å². The Morgan fingerprint density at radius 1 is 0.463 bits per heavy atom. The molecule has 2 atom stereocenters. The Morgan fingerprint density at radius 3 is 1.22 bits per heavy atom. The molecule has 0 spiro atoms. The standard InChI is InChI=1S/C57H104NO8P/c1-3-5-7-9-11-13-15-17-19-21-22-23-24-25-26-27-28-29-30-31-32-34-36-38-40-42-44-46-48-50-57(60)66-55(54-65-67(61,62)64-52-51-58)53-63-56(59)49-47-45-43-41-39-37-35-33-20-18-16-14-12-10-8-6-4-2/h5,7,11,13,17,19,22-23,25-26,55H,3-4,6,8-10,12,14-16,18,20-21,24,27-54,58H2,1-2H3,(H,61,62)/b7-5-,13-11-,19-17-,23-22-,26-25-. The Hall–Kier alpha value is -2.29. The van der Waals surface area contributed by atoms with Gasteiger partial charge in [0.25, 0.3) is 0 Å². The Labute approximate surface area is 412 Å². The molecule has 0 radical (unpaired) electrons. The predicted octanol–water partition coefficient (Wildman–Crippen LogP) is 17.2. The van der Waals surface area contributed by atoms with E-state index in [1.807, 2.05) is 0 Å². The lowest BCUT2D eigenvalue weighted by molar-refractivity contribution is -0.161. The van der Waals surface area contributed by atoms with Crippen LogP contribution in [0.4, 0.5) is 0 Å². The van der Waals surface area contributed by atoms with Crippen molar-refractivity contribution in [1.82, 2.24) is 0 Å². The lowest BCUT2D eigenvalue weighted by atomic mass is 10.0. The van der Waals surface area contributed by atoms with E-state index in [-0.39, 0.29) is 38.6 Å². The van der Waals surface area contributed by atoms with E-state index in [0.29, 0.717) is 6.42 Å². The van der Waals surface area contributed by atoms with Gasteiger partial charge in [0.15, 0.2) is 6.10 Å². The molecule has 0 aliphatic rings. The topological polar surface area (TPSA) is 134 Å². The van der Waals surface area contributed by atoms with Crippen molar-refractivity contribution in [2.45, 2.75) is 264 Å². The Kier molecular flexibility index (Phi) is 51.3. The molecule has 0 aliphatic carbocycles. The molecule has 2 unspecified atom stereocenters. The first-order valence-corrected chi connectivity index (χ1v) is 29.3. The second-order valence-corrected chi connectivity index (χ2v) is 19.9. The summed E-state index contributed by atoms with van der Waals surface area (Å²) in [4.78, 5) is 35.1. The molecule has 0 heterocycles. The maximum atomic E-state index is 12.7. The minimum atomic E-state index is -4.38. The largest absolute Gasteiger partial charge is 0.472 e. The number of phosphoric ester groups is 1. The average Bonchev–Trinajstić information content (AvgIpc) is 3.32. The van der Waals surface area contributed by atoms with Crippen LogP contribution in [0.15, 0.2) is 60.8 Å². The summed E-state index contributed by atoms with van der Waals surface area (Å²) in [6, 6.07) is 0. The van der Waals surface area contributed by atoms with E-state index < -0.39 is 26.5 Å². The highest BCUT2D eigenvalue weighted by atomic mass is 31.2. The minimum absolute atomic E-state index is 0.0532. The molecule has 10 heteroatoms. The molecule has 67 heavy (non-hydrogen) atoms. The second-order valence-electron chi connectivity index (χ2n) is 18.4. The maximum absolute atomic E-state index is 12.7. The van der Waals surface area contributed by atoms with Gasteiger partial charge >= 0.3 is 19.8 Å². The van der Waals surface area contributed by atoms with Crippen molar-refractivity contribution in [3.8, 4) is 0 Å². The lowest BCUT2D eigenvalue weighted by Crippen LogP contribution is -2.29. The zero-order chi connectivity index (χ0) is 48.8. The Balaban J connectivity index is 3.96. The summed E-state index contributed by atoms with van der Waals surface area (Å²) in [6.45, 7) is 3.66. The highest BCUT2D eigenvalue weighted by Crippen LogP contribution is 2.43. The number of unbranched alkanes of at least 4 members (excludes halogenated alkanes) is 29. The first-order valence-electron chi connectivity index (χ1n) is 27.8. The van der Waals surface area contributed by atoms with Crippen molar-refractivity contribution in [3.63, 3.8) is 0 Å². The third kappa shape index (κ3) is 52.9. The summed E-state index contributed by atoms with van der Waals surface area (Å²) < 4.78 is 33.0. The lowest BCUT2D eigenvalue weighted by Gasteiger charge is -2.19. The number of phosphoric acid groups is 1. The van der Waals surface area contributed by atoms with Crippen LogP contribution in [0.5, 0.6) is 0 Å². The van der Waals surface area contributed by atoms with Gasteiger partial charge in [0, 0.05) is 19.4 Å². The van der Waals surface area contributed by atoms with Gasteiger partial charge in [-0.1, -0.05) is 248 Å². The highest BCUT2D eigenvalue weighted by Gasteiger charge is 2.26. The van der Waals surface area contributed by atoms with Gasteiger partial charge in [-0.05, 0) is 57.8 Å². The SMILES string of the molecule is CC/C=C\C/C=C\C/C=C\C/C=C\C/C=C\CCCCCCCCCCCCCCCC(=O)OC(COC(=O)CCCCCCCCCCCCCCCCCCC)COP(=O)(O)OCCN. The summed E-state index contributed by atoms with van der Waals surface area (Å²) in [5, 5.41) is 0. The monoisotopic (exact) mass is 962 g/mol. The van der Waals surface area contributed by atoms with Crippen LogP contribution in [0.25, 0.3) is 0 Å². The number of esters is 2. The first-order chi connectivity index (χ1) is 32.8. The second kappa shape index (κ2) is 53.1. The zero-order valence-corrected chi connectivity index (χ0v) is 44.3. The van der Waals surface area contributed by atoms with Crippen molar-refractivity contribution >= 4 is 19.8 Å². The van der Waals surface area contributed by atoms with Gasteiger partial charge in [-0.15, -0.1) is 0 Å². The summed E-state index contributed by atoms with van der Waals surface area (Å²) in [7, 11) is -4.38. The highest BCUT2D eigenvalue weighted by molar-refractivity contribution is 7.47. The molecule has 0 amide bonds. The summed E-state index contributed by atoms with van der Waals surface area (Å²) in [5.41, 5.74) is 5.38. The number of ether oxygens (including phenoxy) is 2. The van der Waals surface area contributed by atoms with E-state index in [1.54, 1.807) is 0 Å². The molecular weight excluding hydrogens is 858 g/mol. The van der Waals surface area contributed by atoms with E-state index in [9.17, 15) is 19.0 Å². The van der Waals surface area contributed by atoms with Crippen molar-refractivity contribution in [3.05, 3.63) is 60.8 Å².